The molecule has 110 valence electrons. The molecule has 4 nitrogen and oxygen atoms in total. The second kappa shape index (κ2) is 5.26. The Morgan fingerprint density at radius 3 is 2.65 bits per heavy atom. The fourth-order valence-electron chi connectivity index (χ4n) is 2.27. The lowest BCUT2D eigenvalue weighted by atomic mass is 10.1. The fraction of sp³-hybridized carbons (Fsp3) is 0.500. The van der Waals surface area contributed by atoms with Crippen molar-refractivity contribution in [1.82, 2.24) is 5.32 Å². The van der Waals surface area contributed by atoms with E-state index in [4.69, 9.17) is 5.73 Å². The van der Waals surface area contributed by atoms with E-state index in [1.165, 1.54) is 6.07 Å². The van der Waals surface area contributed by atoms with Gasteiger partial charge in [0, 0.05) is 24.6 Å². The molecule has 1 saturated heterocycles. The second-order valence-electron chi connectivity index (χ2n) is 5.43. The van der Waals surface area contributed by atoms with Crippen LogP contribution in [0.2, 0.25) is 0 Å². The number of nitrogens with two attached hydrogens (primary N) is 1. The Morgan fingerprint density at radius 2 is 2.15 bits per heavy atom. The average Bonchev–Trinajstić information content (AvgIpc) is 2.68. The lowest BCUT2D eigenvalue weighted by Gasteiger charge is -2.20. The highest BCUT2D eigenvalue weighted by Crippen LogP contribution is 2.34. The summed E-state index contributed by atoms with van der Waals surface area (Å²) in [5, 5.41) is 2.76. The molecule has 1 fully saturated rings. The molecule has 2 rings (SSSR count). The van der Waals surface area contributed by atoms with Crippen molar-refractivity contribution in [2.45, 2.75) is 32.2 Å². The normalized spacial score (nSPS) is 17.6. The summed E-state index contributed by atoms with van der Waals surface area (Å²) in [7, 11) is 0. The van der Waals surface area contributed by atoms with E-state index in [1.807, 2.05) is 13.8 Å². The Bertz CT molecular complexity index is 517. The van der Waals surface area contributed by atoms with Crippen molar-refractivity contribution in [2.24, 2.45) is 0 Å². The Morgan fingerprint density at radius 1 is 1.45 bits per heavy atom. The summed E-state index contributed by atoms with van der Waals surface area (Å²) in [6.45, 7) is 3.67. The maximum atomic E-state index is 13.2. The molecule has 1 amide bonds. The number of nitrogens with one attached hydrogen (secondary N) is 1. The van der Waals surface area contributed by atoms with Crippen LogP contribution in [0.25, 0.3) is 0 Å². The molecule has 0 atom stereocenters. The Labute approximate surface area is 116 Å². The fourth-order valence-corrected chi connectivity index (χ4v) is 2.27. The zero-order valence-corrected chi connectivity index (χ0v) is 11.6. The van der Waals surface area contributed by atoms with Gasteiger partial charge in [0.05, 0.1) is 17.9 Å². The van der Waals surface area contributed by atoms with Gasteiger partial charge in [-0.3, -0.25) is 4.79 Å². The smallest absolute Gasteiger partial charge is 0.266 e. The van der Waals surface area contributed by atoms with E-state index >= 15 is 0 Å². The summed E-state index contributed by atoms with van der Waals surface area (Å²) in [6, 6.07) is 4.80. The van der Waals surface area contributed by atoms with Crippen LogP contribution in [0.1, 0.15) is 30.6 Å². The molecule has 20 heavy (non-hydrogen) atoms. The average molecular weight is 283 g/mol. The SMILES string of the molecule is CC(C)NC(=O)c1ccc(N2CCC(F)(F)C2)c(N)c1. The van der Waals surface area contributed by atoms with E-state index in [1.54, 1.807) is 17.0 Å². The first-order valence-electron chi connectivity index (χ1n) is 6.62. The topological polar surface area (TPSA) is 58.4 Å². The zero-order valence-electron chi connectivity index (χ0n) is 11.6. The van der Waals surface area contributed by atoms with Gasteiger partial charge in [0.15, 0.2) is 0 Å². The van der Waals surface area contributed by atoms with Gasteiger partial charge in [-0.25, -0.2) is 8.78 Å². The number of hydrogen-bond donors (Lipinski definition) is 2. The van der Waals surface area contributed by atoms with Gasteiger partial charge in [0.2, 0.25) is 0 Å². The number of benzene rings is 1. The maximum absolute atomic E-state index is 13.2. The first-order chi connectivity index (χ1) is 9.28. The van der Waals surface area contributed by atoms with E-state index in [0.717, 1.165) is 0 Å². The number of anilines is 2. The van der Waals surface area contributed by atoms with Crippen LogP contribution in [-0.4, -0.2) is 31.0 Å². The van der Waals surface area contributed by atoms with Crippen LogP contribution in [0.15, 0.2) is 18.2 Å². The number of nitrogen functional groups attached to an aromatic ring is 1. The van der Waals surface area contributed by atoms with Gasteiger partial charge in [0.1, 0.15) is 0 Å². The van der Waals surface area contributed by atoms with E-state index in [2.05, 4.69) is 5.32 Å². The summed E-state index contributed by atoms with van der Waals surface area (Å²) >= 11 is 0. The molecular formula is C14H19F2N3O. The number of nitrogens with zero attached hydrogens (tertiary/aromatic N) is 1. The molecule has 0 bridgehead atoms. The van der Waals surface area contributed by atoms with Crippen LogP contribution in [-0.2, 0) is 0 Å². The van der Waals surface area contributed by atoms with Crippen LogP contribution >= 0.6 is 0 Å². The third-order valence-electron chi connectivity index (χ3n) is 3.22. The quantitative estimate of drug-likeness (QED) is 0.837. The van der Waals surface area contributed by atoms with Gasteiger partial charge in [-0.1, -0.05) is 0 Å². The molecule has 1 aliphatic heterocycles. The van der Waals surface area contributed by atoms with Crippen LogP contribution in [0.5, 0.6) is 0 Å². The van der Waals surface area contributed by atoms with Crippen molar-refractivity contribution in [2.75, 3.05) is 23.7 Å². The highest BCUT2D eigenvalue weighted by atomic mass is 19.3. The maximum Gasteiger partial charge on any atom is 0.266 e. The van der Waals surface area contributed by atoms with Crippen molar-refractivity contribution in [3.05, 3.63) is 23.8 Å². The Hall–Kier alpha value is -1.85. The van der Waals surface area contributed by atoms with Crippen molar-refractivity contribution in [3.63, 3.8) is 0 Å². The monoisotopic (exact) mass is 283 g/mol. The van der Waals surface area contributed by atoms with Gasteiger partial charge in [-0.05, 0) is 32.0 Å². The molecule has 1 aliphatic rings. The third kappa shape index (κ3) is 3.18. The molecule has 0 aliphatic carbocycles. The minimum atomic E-state index is -2.67. The third-order valence-corrected chi connectivity index (χ3v) is 3.22. The molecule has 1 aromatic carbocycles. The van der Waals surface area contributed by atoms with Crippen molar-refractivity contribution in [1.29, 1.82) is 0 Å². The molecule has 0 aromatic heterocycles. The molecule has 1 aromatic rings. The summed E-state index contributed by atoms with van der Waals surface area (Å²) in [5.41, 5.74) is 7.23. The van der Waals surface area contributed by atoms with E-state index in [-0.39, 0.29) is 31.5 Å². The molecule has 6 heteroatoms. The molecule has 1 heterocycles. The lowest BCUT2D eigenvalue weighted by Crippen LogP contribution is -2.30. The predicted octanol–water partition coefficient (Wildman–Crippen LogP) is 2.25. The van der Waals surface area contributed by atoms with Crippen LogP contribution in [0, 0.1) is 0 Å². The van der Waals surface area contributed by atoms with Crippen LogP contribution in [0.3, 0.4) is 0 Å². The molecule has 0 saturated carbocycles. The van der Waals surface area contributed by atoms with Crippen molar-refractivity contribution < 1.29 is 13.6 Å². The first kappa shape index (κ1) is 14.6. The summed E-state index contributed by atoms with van der Waals surface area (Å²) in [5.74, 6) is -2.88. The van der Waals surface area contributed by atoms with Gasteiger partial charge >= 0.3 is 0 Å². The van der Waals surface area contributed by atoms with Crippen molar-refractivity contribution in [3.8, 4) is 0 Å². The summed E-state index contributed by atoms with van der Waals surface area (Å²) < 4.78 is 26.4. The molecular weight excluding hydrogens is 264 g/mol. The largest absolute Gasteiger partial charge is 0.397 e. The molecule has 0 spiro atoms. The van der Waals surface area contributed by atoms with Crippen LogP contribution < -0.4 is 16.0 Å². The lowest BCUT2D eigenvalue weighted by molar-refractivity contribution is 0.0257. The highest BCUT2D eigenvalue weighted by Gasteiger charge is 2.38. The molecule has 0 radical (unpaired) electrons. The number of carbonyl (C=O) groups excluding carboxylic acids is 1. The zero-order chi connectivity index (χ0) is 14.9. The number of amides is 1. The van der Waals surface area contributed by atoms with Gasteiger partial charge in [-0.15, -0.1) is 0 Å². The van der Waals surface area contributed by atoms with Gasteiger partial charge in [0.25, 0.3) is 11.8 Å². The number of halogens is 2. The Balaban J connectivity index is 2.16. The predicted molar refractivity (Wildman–Crippen MR) is 75.2 cm³/mol. The van der Waals surface area contributed by atoms with E-state index < -0.39 is 5.92 Å². The highest BCUT2D eigenvalue weighted by molar-refractivity contribution is 5.96. The standard InChI is InChI=1S/C14H19F2N3O/c1-9(2)18-13(20)10-3-4-12(11(17)7-10)19-6-5-14(15,16)8-19/h3-4,7,9H,5-6,8,17H2,1-2H3,(H,18,20). The minimum absolute atomic E-state index is 0.0284. The first-order valence-corrected chi connectivity index (χ1v) is 6.62. The van der Waals surface area contributed by atoms with E-state index in [0.29, 0.717) is 16.9 Å². The molecule has 0 unspecified atom stereocenters. The van der Waals surface area contributed by atoms with E-state index in [9.17, 15) is 13.6 Å². The Kier molecular flexibility index (Phi) is 3.83. The summed E-state index contributed by atoms with van der Waals surface area (Å²) in [4.78, 5) is 13.4. The number of alkyl halides is 2. The second-order valence-corrected chi connectivity index (χ2v) is 5.43. The molecule has 3 N–H and O–H groups in total. The van der Waals surface area contributed by atoms with Crippen LogP contribution in [0.4, 0.5) is 20.2 Å². The summed E-state index contributed by atoms with van der Waals surface area (Å²) in [6.07, 6.45) is -0.165. The number of carbonyl (C=O) groups is 1. The van der Waals surface area contributed by atoms with Gasteiger partial charge < -0.3 is 16.0 Å². The number of hydrogen-bond acceptors (Lipinski definition) is 3. The van der Waals surface area contributed by atoms with Crippen molar-refractivity contribution >= 4 is 17.3 Å². The van der Waals surface area contributed by atoms with Gasteiger partial charge in [-0.2, -0.15) is 0 Å². The number of rotatable bonds is 3. The minimum Gasteiger partial charge on any atom is -0.397 e.